The molecule has 1 aliphatic rings. The van der Waals surface area contributed by atoms with Crippen molar-refractivity contribution in [1.29, 1.82) is 0 Å². The average Bonchev–Trinajstić information content (AvgIpc) is 2.76. The van der Waals surface area contributed by atoms with Gasteiger partial charge in [0.05, 0.1) is 17.5 Å². The van der Waals surface area contributed by atoms with Gasteiger partial charge >= 0.3 is 0 Å². The van der Waals surface area contributed by atoms with E-state index in [0.29, 0.717) is 5.02 Å². The molecule has 0 aliphatic carbocycles. The summed E-state index contributed by atoms with van der Waals surface area (Å²) in [5.41, 5.74) is 0.884. The smallest absolute Gasteiger partial charge is 0.120 e. The Balaban J connectivity index is 2.27. The number of ether oxygens (including phenoxy) is 2. The van der Waals surface area contributed by atoms with Gasteiger partial charge in [-0.3, -0.25) is 0 Å². The lowest BCUT2D eigenvalue weighted by Gasteiger charge is -2.30. The predicted octanol–water partition coefficient (Wildman–Crippen LogP) is 4.35. The SMILES string of the molecule is COc1ccc(C(Br)C2(C)CCCO2)c(Cl)c1. The van der Waals surface area contributed by atoms with Crippen molar-refractivity contribution in [1.82, 2.24) is 0 Å². The van der Waals surface area contributed by atoms with E-state index in [1.54, 1.807) is 7.11 Å². The molecule has 1 heterocycles. The summed E-state index contributed by atoms with van der Waals surface area (Å²) < 4.78 is 11.0. The normalized spacial score (nSPS) is 25.9. The number of rotatable bonds is 3. The van der Waals surface area contributed by atoms with Crippen LogP contribution in [-0.2, 0) is 4.74 Å². The Bertz CT molecular complexity index is 402. The van der Waals surface area contributed by atoms with Crippen molar-refractivity contribution < 1.29 is 9.47 Å². The third-order valence-corrected chi connectivity index (χ3v) is 5.06. The summed E-state index contributed by atoms with van der Waals surface area (Å²) in [5.74, 6) is 0.774. The third kappa shape index (κ3) is 2.61. The van der Waals surface area contributed by atoms with Crippen molar-refractivity contribution >= 4 is 27.5 Å². The maximum absolute atomic E-state index is 6.28. The quantitative estimate of drug-likeness (QED) is 0.771. The van der Waals surface area contributed by atoms with Gasteiger partial charge in [0, 0.05) is 11.6 Å². The molecule has 2 rings (SSSR count). The van der Waals surface area contributed by atoms with E-state index in [9.17, 15) is 0 Å². The Morgan fingerprint density at radius 1 is 1.53 bits per heavy atom. The largest absolute Gasteiger partial charge is 0.497 e. The highest BCUT2D eigenvalue weighted by Crippen LogP contribution is 2.45. The molecule has 2 atom stereocenters. The molecule has 94 valence electrons. The van der Waals surface area contributed by atoms with Crippen LogP contribution in [0.2, 0.25) is 5.02 Å². The van der Waals surface area contributed by atoms with Crippen LogP contribution < -0.4 is 4.74 Å². The monoisotopic (exact) mass is 318 g/mol. The summed E-state index contributed by atoms with van der Waals surface area (Å²) in [6, 6.07) is 5.75. The molecule has 1 aromatic carbocycles. The van der Waals surface area contributed by atoms with Crippen LogP contribution in [0.5, 0.6) is 5.75 Å². The van der Waals surface area contributed by atoms with E-state index in [0.717, 1.165) is 30.8 Å². The molecule has 1 fully saturated rings. The molecular weight excluding hydrogens is 303 g/mol. The standard InChI is InChI=1S/C13H16BrClO2/c1-13(6-3-7-17-13)12(14)10-5-4-9(16-2)8-11(10)15/h4-5,8,12H,3,6-7H2,1-2H3. The number of hydrogen-bond acceptors (Lipinski definition) is 2. The van der Waals surface area contributed by atoms with Gasteiger partial charge in [-0.2, -0.15) is 0 Å². The van der Waals surface area contributed by atoms with Crippen molar-refractivity contribution in [2.24, 2.45) is 0 Å². The molecule has 0 amide bonds. The minimum Gasteiger partial charge on any atom is -0.497 e. The first-order valence-electron chi connectivity index (χ1n) is 5.68. The molecule has 1 aliphatic heterocycles. The molecule has 2 unspecified atom stereocenters. The zero-order chi connectivity index (χ0) is 12.5. The lowest BCUT2D eigenvalue weighted by Crippen LogP contribution is -2.28. The predicted molar refractivity (Wildman–Crippen MR) is 73.3 cm³/mol. The fraction of sp³-hybridized carbons (Fsp3) is 0.538. The Kier molecular flexibility index (Phi) is 4.01. The van der Waals surface area contributed by atoms with Crippen LogP contribution in [0, 0.1) is 0 Å². The van der Waals surface area contributed by atoms with Crippen LogP contribution >= 0.6 is 27.5 Å². The summed E-state index contributed by atoms with van der Waals surface area (Å²) in [6.07, 6.45) is 2.15. The van der Waals surface area contributed by atoms with Gasteiger partial charge in [-0.15, -0.1) is 0 Å². The zero-order valence-corrected chi connectivity index (χ0v) is 12.3. The molecule has 0 spiro atoms. The van der Waals surface area contributed by atoms with Gasteiger partial charge in [-0.1, -0.05) is 33.6 Å². The van der Waals surface area contributed by atoms with Gasteiger partial charge in [0.15, 0.2) is 0 Å². The molecule has 0 saturated carbocycles. The van der Waals surface area contributed by atoms with Gasteiger partial charge in [0.2, 0.25) is 0 Å². The van der Waals surface area contributed by atoms with Gasteiger partial charge in [-0.05, 0) is 37.5 Å². The van der Waals surface area contributed by atoms with E-state index < -0.39 is 0 Å². The van der Waals surface area contributed by atoms with Crippen molar-refractivity contribution in [2.45, 2.75) is 30.2 Å². The number of hydrogen-bond donors (Lipinski definition) is 0. The molecule has 4 heteroatoms. The highest BCUT2D eigenvalue weighted by molar-refractivity contribution is 9.09. The summed E-state index contributed by atoms with van der Waals surface area (Å²) in [5, 5.41) is 0.711. The first-order chi connectivity index (χ1) is 8.07. The van der Waals surface area contributed by atoms with Gasteiger partial charge in [0.1, 0.15) is 5.75 Å². The van der Waals surface area contributed by atoms with Gasteiger partial charge < -0.3 is 9.47 Å². The van der Waals surface area contributed by atoms with Crippen molar-refractivity contribution in [3.05, 3.63) is 28.8 Å². The average molecular weight is 320 g/mol. The Morgan fingerprint density at radius 2 is 2.29 bits per heavy atom. The van der Waals surface area contributed by atoms with E-state index in [1.807, 2.05) is 18.2 Å². The number of methoxy groups -OCH3 is 1. The van der Waals surface area contributed by atoms with E-state index in [4.69, 9.17) is 21.1 Å². The molecule has 1 saturated heterocycles. The van der Waals surface area contributed by atoms with Gasteiger partial charge in [-0.25, -0.2) is 0 Å². The fourth-order valence-electron chi connectivity index (χ4n) is 2.17. The molecule has 0 N–H and O–H groups in total. The summed E-state index contributed by atoms with van der Waals surface area (Å²) in [4.78, 5) is 0.107. The lowest BCUT2D eigenvalue weighted by molar-refractivity contribution is 0.0197. The van der Waals surface area contributed by atoms with Crippen LogP contribution in [0.25, 0.3) is 0 Å². The minimum absolute atomic E-state index is 0.107. The summed E-state index contributed by atoms with van der Waals surface area (Å²) in [7, 11) is 1.64. The van der Waals surface area contributed by atoms with Crippen molar-refractivity contribution in [2.75, 3.05) is 13.7 Å². The highest BCUT2D eigenvalue weighted by Gasteiger charge is 2.38. The third-order valence-electron chi connectivity index (χ3n) is 3.27. The van der Waals surface area contributed by atoms with Gasteiger partial charge in [0.25, 0.3) is 0 Å². The molecule has 0 aromatic heterocycles. The van der Waals surface area contributed by atoms with E-state index in [1.165, 1.54) is 0 Å². The molecular formula is C13H16BrClO2. The molecule has 17 heavy (non-hydrogen) atoms. The van der Waals surface area contributed by atoms with E-state index in [2.05, 4.69) is 22.9 Å². The lowest BCUT2D eigenvalue weighted by atomic mass is 9.93. The van der Waals surface area contributed by atoms with Crippen molar-refractivity contribution in [3.8, 4) is 5.75 Å². The molecule has 0 radical (unpaired) electrons. The van der Waals surface area contributed by atoms with Crippen LogP contribution in [0.1, 0.15) is 30.2 Å². The van der Waals surface area contributed by atoms with Crippen LogP contribution in [-0.4, -0.2) is 19.3 Å². The first kappa shape index (κ1) is 13.2. The number of benzene rings is 1. The molecule has 0 bridgehead atoms. The second kappa shape index (κ2) is 5.17. The van der Waals surface area contributed by atoms with E-state index in [-0.39, 0.29) is 10.4 Å². The second-order valence-electron chi connectivity index (χ2n) is 4.51. The number of alkyl halides is 1. The fourth-order valence-corrected chi connectivity index (χ4v) is 3.34. The Labute approximate surface area is 115 Å². The Morgan fingerprint density at radius 3 is 2.82 bits per heavy atom. The highest BCUT2D eigenvalue weighted by atomic mass is 79.9. The second-order valence-corrected chi connectivity index (χ2v) is 5.84. The van der Waals surface area contributed by atoms with Crippen molar-refractivity contribution in [3.63, 3.8) is 0 Å². The first-order valence-corrected chi connectivity index (χ1v) is 6.97. The molecule has 1 aromatic rings. The minimum atomic E-state index is -0.168. The summed E-state index contributed by atoms with van der Waals surface area (Å²) >= 11 is 9.99. The zero-order valence-electron chi connectivity index (χ0n) is 10.0. The molecule has 2 nitrogen and oxygen atoms in total. The van der Waals surface area contributed by atoms with E-state index >= 15 is 0 Å². The topological polar surface area (TPSA) is 18.5 Å². The maximum atomic E-state index is 6.28. The van der Waals surface area contributed by atoms with Crippen LogP contribution in [0.3, 0.4) is 0 Å². The van der Waals surface area contributed by atoms with Crippen LogP contribution in [0.15, 0.2) is 18.2 Å². The van der Waals surface area contributed by atoms with Crippen LogP contribution in [0.4, 0.5) is 0 Å². The number of halogens is 2. The summed E-state index contributed by atoms with van der Waals surface area (Å²) in [6.45, 7) is 2.95. The maximum Gasteiger partial charge on any atom is 0.120 e. The Hall–Kier alpha value is -0.250.